The highest BCUT2D eigenvalue weighted by Crippen LogP contribution is 2.33. The fourth-order valence-electron chi connectivity index (χ4n) is 2.77. The van der Waals surface area contributed by atoms with E-state index in [-0.39, 0.29) is 5.56 Å². The second-order valence-corrected chi connectivity index (χ2v) is 6.77. The van der Waals surface area contributed by atoms with Gasteiger partial charge < -0.3 is 5.11 Å². The van der Waals surface area contributed by atoms with Crippen LogP contribution < -0.4 is 0 Å². The molecule has 1 aliphatic carbocycles. The fourth-order valence-corrected chi connectivity index (χ4v) is 3.94. The Labute approximate surface area is 130 Å². The van der Waals surface area contributed by atoms with Crippen LogP contribution in [0.5, 0.6) is 0 Å². The number of hydrogen-bond acceptors (Lipinski definition) is 4. The molecule has 1 aliphatic rings. The van der Waals surface area contributed by atoms with Crippen molar-refractivity contribution >= 4 is 17.7 Å². The third-order valence-electron chi connectivity index (χ3n) is 3.99. The molecule has 21 heavy (non-hydrogen) atoms. The van der Waals surface area contributed by atoms with Gasteiger partial charge in [-0.1, -0.05) is 32.6 Å². The maximum absolute atomic E-state index is 11.5. The Kier molecular flexibility index (Phi) is 6.03. The quantitative estimate of drug-likeness (QED) is 0.479. The molecule has 2 rings (SSSR count). The normalized spacial score (nSPS) is 16.1. The number of nitrogens with zero attached hydrogens (tertiary/aromatic N) is 2. The van der Waals surface area contributed by atoms with Gasteiger partial charge in [0.2, 0.25) is 0 Å². The lowest BCUT2D eigenvalue weighted by Crippen LogP contribution is -2.14. The van der Waals surface area contributed by atoms with Crippen LogP contribution in [0.25, 0.3) is 0 Å². The molecule has 1 saturated carbocycles. The van der Waals surface area contributed by atoms with E-state index in [1.165, 1.54) is 19.3 Å². The molecule has 0 aromatic carbocycles. The summed E-state index contributed by atoms with van der Waals surface area (Å²) in [6, 6.07) is 0. The standard InChI is InChI=1S/C16H24N2O2S/c1-3-4-10-21-15-13(16(19)20)11(2)17-14(18-15)12-8-6-5-7-9-12/h12H,3-10H2,1-2H3,(H,19,20). The van der Waals surface area contributed by atoms with Gasteiger partial charge in [0.15, 0.2) is 0 Å². The number of aromatic carboxylic acids is 1. The highest BCUT2D eigenvalue weighted by atomic mass is 32.2. The molecule has 1 heterocycles. The Balaban J connectivity index is 2.28. The van der Waals surface area contributed by atoms with Gasteiger partial charge in [-0.2, -0.15) is 0 Å². The molecule has 0 radical (unpaired) electrons. The summed E-state index contributed by atoms with van der Waals surface area (Å²) >= 11 is 1.56. The number of hydrogen-bond donors (Lipinski definition) is 1. The summed E-state index contributed by atoms with van der Waals surface area (Å²) in [5.74, 6) is 1.26. The van der Waals surface area contributed by atoms with E-state index < -0.39 is 5.97 Å². The molecule has 0 saturated heterocycles. The number of aryl methyl sites for hydroxylation is 1. The van der Waals surface area contributed by atoms with Crippen LogP contribution in [0.4, 0.5) is 0 Å². The first-order chi connectivity index (χ1) is 10.1. The van der Waals surface area contributed by atoms with Crippen molar-refractivity contribution in [2.24, 2.45) is 0 Å². The smallest absolute Gasteiger partial charge is 0.340 e. The molecular weight excluding hydrogens is 284 g/mol. The third kappa shape index (κ3) is 4.19. The second-order valence-electron chi connectivity index (χ2n) is 5.69. The lowest BCUT2D eigenvalue weighted by Gasteiger charge is -2.21. The third-order valence-corrected chi connectivity index (χ3v) is 5.06. The molecule has 0 amide bonds. The van der Waals surface area contributed by atoms with Crippen molar-refractivity contribution in [1.29, 1.82) is 0 Å². The zero-order valence-electron chi connectivity index (χ0n) is 12.9. The minimum atomic E-state index is -0.915. The average Bonchev–Trinajstić information content (AvgIpc) is 2.47. The Morgan fingerprint density at radius 2 is 2.00 bits per heavy atom. The van der Waals surface area contributed by atoms with E-state index in [2.05, 4.69) is 16.9 Å². The summed E-state index contributed by atoms with van der Waals surface area (Å²) in [6.07, 6.45) is 8.19. The molecule has 0 bridgehead atoms. The summed E-state index contributed by atoms with van der Waals surface area (Å²) in [7, 11) is 0. The van der Waals surface area contributed by atoms with Crippen LogP contribution in [0.3, 0.4) is 0 Å². The van der Waals surface area contributed by atoms with Crippen molar-refractivity contribution in [1.82, 2.24) is 9.97 Å². The Hall–Kier alpha value is -1.10. The van der Waals surface area contributed by atoms with E-state index in [1.807, 2.05) is 0 Å². The van der Waals surface area contributed by atoms with E-state index in [0.717, 1.165) is 37.3 Å². The highest BCUT2D eigenvalue weighted by molar-refractivity contribution is 7.99. The number of thioether (sulfide) groups is 1. The minimum Gasteiger partial charge on any atom is -0.478 e. The van der Waals surface area contributed by atoms with Crippen LogP contribution in [0.15, 0.2) is 5.03 Å². The molecule has 116 valence electrons. The summed E-state index contributed by atoms with van der Waals surface area (Å²) in [5.41, 5.74) is 0.896. The van der Waals surface area contributed by atoms with E-state index in [1.54, 1.807) is 18.7 Å². The Morgan fingerprint density at radius 3 is 2.62 bits per heavy atom. The van der Waals surface area contributed by atoms with E-state index in [0.29, 0.717) is 16.6 Å². The molecular formula is C16H24N2O2S. The second kappa shape index (κ2) is 7.78. The molecule has 0 atom stereocenters. The average molecular weight is 308 g/mol. The zero-order chi connectivity index (χ0) is 15.2. The number of carboxylic acid groups (broad SMARTS) is 1. The first kappa shape index (κ1) is 16.3. The van der Waals surface area contributed by atoms with Crippen LogP contribution in [-0.4, -0.2) is 26.8 Å². The number of carbonyl (C=O) groups is 1. The first-order valence-corrected chi connectivity index (χ1v) is 8.86. The van der Waals surface area contributed by atoms with Gasteiger partial charge in [0.1, 0.15) is 16.4 Å². The van der Waals surface area contributed by atoms with Gasteiger partial charge in [0.05, 0.1) is 5.69 Å². The largest absolute Gasteiger partial charge is 0.478 e. The van der Waals surface area contributed by atoms with Crippen molar-refractivity contribution in [3.05, 3.63) is 17.1 Å². The van der Waals surface area contributed by atoms with Crippen molar-refractivity contribution in [3.63, 3.8) is 0 Å². The molecule has 0 aliphatic heterocycles. The Morgan fingerprint density at radius 1 is 1.29 bits per heavy atom. The molecule has 5 heteroatoms. The van der Waals surface area contributed by atoms with Gasteiger partial charge in [-0.15, -0.1) is 11.8 Å². The van der Waals surface area contributed by atoms with Gasteiger partial charge in [-0.25, -0.2) is 14.8 Å². The molecule has 4 nitrogen and oxygen atoms in total. The number of aromatic nitrogens is 2. The molecule has 1 aromatic rings. The van der Waals surface area contributed by atoms with Crippen LogP contribution in [-0.2, 0) is 0 Å². The maximum Gasteiger partial charge on any atom is 0.340 e. The van der Waals surface area contributed by atoms with Gasteiger partial charge in [0, 0.05) is 5.92 Å². The molecule has 0 unspecified atom stereocenters. The van der Waals surface area contributed by atoms with E-state index in [4.69, 9.17) is 0 Å². The number of unbranched alkanes of at least 4 members (excludes halogenated alkanes) is 1. The molecule has 0 spiro atoms. The van der Waals surface area contributed by atoms with Crippen molar-refractivity contribution < 1.29 is 9.90 Å². The lowest BCUT2D eigenvalue weighted by molar-refractivity contribution is 0.0690. The van der Waals surface area contributed by atoms with Gasteiger partial charge in [0.25, 0.3) is 0 Å². The number of rotatable bonds is 6. The van der Waals surface area contributed by atoms with Crippen molar-refractivity contribution in [3.8, 4) is 0 Å². The fraction of sp³-hybridized carbons (Fsp3) is 0.688. The van der Waals surface area contributed by atoms with Crippen molar-refractivity contribution in [2.45, 2.75) is 69.7 Å². The summed E-state index contributed by atoms with van der Waals surface area (Å²) in [6.45, 7) is 3.93. The number of carboxylic acids is 1. The van der Waals surface area contributed by atoms with Crippen LogP contribution in [0.1, 0.15) is 79.7 Å². The molecule has 1 aromatic heterocycles. The van der Waals surface area contributed by atoms with E-state index >= 15 is 0 Å². The monoisotopic (exact) mass is 308 g/mol. The predicted octanol–water partition coefficient (Wildman–Crippen LogP) is 4.42. The topological polar surface area (TPSA) is 63.1 Å². The lowest BCUT2D eigenvalue weighted by atomic mass is 9.88. The maximum atomic E-state index is 11.5. The van der Waals surface area contributed by atoms with E-state index in [9.17, 15) is 9.90 Å². The SMILES string of the molecule is CCCCSc1nc(C2CCCCC2)nc(C)c1C(=O)O. The van der Waals surface area contributed by atoms with Crippen molar-refractivity contribution in [2.75, 3.05) is 5.75 Å². The predicted molar refractivity (Wildman–Crippen MR) is 85.2 cm³/mol. The van der Waals surface area contributed by atoms with Gasteiger partial charge >= 0.3 is 5.97 Å². The zero-order valence-corrected chi connectivity index (χ0v) is 13.7. The highest BCUT2D eigenvalue weighted by Gasteiger charge is 2.23. The van der Waals surface area contributed by atoms with Crippen LogP contribution in [0.2, 0.25) is 0 Å². The summed E-state index contributed by atoms with van der Waals surface area (Å²) in [4.78, 5) is 20.6. The molecule has 1 N–H and O–H groups in total. The Bertz CT molecular complexity index is 499. The summed E-state index contributed by atoms with van der Waals surface area (Å²) < 4.78 is 0. The van der Waals surface area contributed by atoms with Gasteiger partial charge in [-0.05, 0) is 31.9 Å². The molecule has 1 fully saturated rings. The van der Waals surface area contributed by atoms with Crippen LogP contribution in [0, 0.1) is 6.92 Å². The van der Waals surface area contributed by atoms with Gasteiger partial charge in [-0.3, -0.25) is 0 Å². The summed E-state index contributed by atoms with van der Waals surface area (Å²) in [5, 5.41) is 10.1. The van der Waals surface area contributed by atoms with Crippen LogP contribution >= 0.6 is 11.8 Å². The first-order valence-electron chi connectivity index (χ1n) is 7.88. The minimum absolute atomic E-state index is 0.288.